The average Bonchev–Trinajstić information content (AvgIpc) is 2.73. The fourth-order valence-corrected chi connectivity index (χ4v) is 2.16. The number of carbonyl (C=O) groups is 2. The summed E-state index contributed by atoms with van der Waals surface area (Å²) in [5.41, 5.74) is 1.07. The molecular weight excluding hydrogens is 256 g/mol. The van der Waals surface area contributed by atoms with Crippen LogP contribution in [0.25, 0.3) is 0 Å². The van der Waals surface area contributed by atoms with E-state index in [1.165, 1.54) is 10.0 Å². The van der Waals surface area contributed by atoms with Gasteiger partial charge in [0.15, 0.2) is 0 Å². The van der Waals surface area contributed by atoms with E-state index < -0.39 is 17.9 Å². The molecule has 20 heavy (non-hydrogen) atoms. The summed E-state index contributed by atoms with van der Waals surface area (Å²) in [5, 5.41) is 12.1. The Hall–Kier alpha value is -2.66. The molecule has 0 atom stereocenters. The van der Waals surface area contributed by atoms with Gasteiger partial charge in [0.05, 0.1) is 11.4 Å². The van der Waals surface area contributed by atoms with Gasteiger partial charge in [-0.3, -0.25) is 9.59 Å². The van der Waals surface area contributed by atoms with Crippen molar-refractivity contribution in [1.82, 2.24) is 0 Å². The van der Waals surface area contributed by atoms with Crippen LogP contribution in [0, 0.1) is 0 Å². The number of hydrogen-bond acceptors (Lipinski definition) is 3. The highest BCUT2D eigenvalue weighted by molar-refractivity contribution is 6.24. The molecule has 0 bridgehead atoms. The van der Waals surface area contributed by atoms with Crippen molar-refractivity contribution in [3.05, 3.63) is 60.7 Å². The van der Waals surface area contributed by atoms with E-state index in [1.54, 1.807) is 48.5 Å². The largest absolute Gasteiger partial charge is 0.374 e. The second-order valence-electron chi connectivity index (χ2n) is 4.37. The van der Waals surface area contributed by atoms with Gasteiger partial charge in [-0.05, 0) is 24.3 Å². The van der Waals surface area contributed by atoms with E-state index in [9.17, 15) is 14.7 Å². The zero-order valence-electron chi connectivity index (χ0n) is 10.5. The molecule has 5 heteroatoms. The zero-order chi connectivity index (χ0) is 14.1. The molecule has 1 heterocycles. The van der Waals surface area contributed by atoms with Gasteiger partial charge in [0.1, 0.15) is 0 Å². The fourth-order valence-electron chi connectivity index (χ4n) is 2.16. The SMILES string of the molecule is O=C1C(O)C(=O)N(c2ccccc2)N1c1ccccc1. The van der Waals surface area contributed by atoms with Crippen molar-refractivity contribution in [1.29, 1.82) is 0 Å². The quantitative estimate of drug-likeness (QED) is 0.836. The molecule has 1 aliphatic heterocycles. The Morgan fingerprint density at radius 2 is 1.05 bits per heavy atom. The molecule has 0 aliphatic carbocycles. The van der Waals surface area contributed by atoms with Crippen molar-refractivity contribution in [3.8, 4) is 0 Å². The number of aliphatic hydroxyl groups excluding tert-OH is 1. The van der Waals surface area contributed by atoms with Gasteiger partial charge < -0.3 is 5.11 Å². The predicted octanol–water partition coefficient (Wildman–Crippen LogP) is 1.34. The number of aliphatic hydroxyl groups is 1. The van der Waals surface area contributed by atoms with Crippen LogP contribution in [0.4, 0.5) is 11.4 Å². The van der Waals surface area contributed by atoms with Crippen molar-refractivity contribution in [2.75, 3.05) is 10.0 Å². The van der Waals surface area contributed by atoms with Crippen LogP contribution in [-0.2, 0) is 9.59 Å². The summed E-state index contributed by atoms with van der Waals surface area (Å²) >= 11 is 0. The Balaban J connectivity index is 2.10. The lowest BCUT2D eigenvalue weighted by molar-refractivity contribution is -0.132. The minimum absolute atomic E-state index is 0.534. The Morgan fingerprint density at radius 3 is 1.40 bits per heavy atom. The van der Waals surface area contributed by atoms with Crippen LogP contribution < -0.4 is 10.0 Å². The van der Waals surface area contributed by atoms with E-state index in [-0.39, 0.29) is 0 Å². The van der Waals surface area contributed by atoms with Gasteiger partial charge in [-0.2, -0.15) is 0 Å². The number of benzene rings is 2. The summed E-state index contributed by atoms with van der Waals surface area (Å²) in [6, 6.07) is 17.5. The third kappa shape index (κ3) is 1.85. The normalized spacial score (nSPS) is 16.1. The van der Waals surface area contributed by atoms with Crippen molar-refractivity contribution >= 4 is 23.2 Å². The maximum Gasteiger partial charge on any atom is 0.284 e. The highest BCUT2D eigenvalue weighted by Crippen LogP contribution is 2.28. The van der Waals surface area contributed by atoms with E-state index in [1.807, 2.05) is 12.1 Å². The molecule has 0 saturated carbocycles. The monoisotopic (exact) mass is 268 g/mol. The first kappa shape index (κ1) is 12.4. The van der Waals surface area contributed by atoms with E-state index in [4.69, 9.17) is 0 Å². The Morgan fingerprint density at radius 1 is 0.700 bits per heavy atom. The van der Waals surface area contributed by atoms with Crippen LogP contribution in [0.2, 0.25) is 0 Å². The number of para-hydroxylation sites is 2. The molecule has 1 aliphatic rings. The third-order valence-electron chi connectivity index (χ3n) is 3.09. The van der Waals surface area contributed by atoms with Gasteiger partial charge in [-0.15, -0.1) is 0 Å². The summed E-state index contributed by atoms with van der Waals surface area (Å²) in [6.07, 6.45) is -1.66. The molecular formula is C15H12N2O3. The van der Waals surface area contributed by atoms with Crippen LogP contribution in [-0.4, -0.2) is 23.0 Å². The smallest absolute Gasteiger partial charge is 0.284 e. The number of hydrazine groups is 1. The van der Waals surface area contributed by atoms with Gasteiger partial charge in [-0.1, -0.05) is 36.4 Å². The minimum Gasteiger partial charge on any atom is -0.374 e. The van der Waals surface area contributed by atoms with Gasteiger partial charge in [-0.25, -0.2) is 10.0 Å². The van der Waals surface area contributed by atoms with E-state index in [2.05, 4.69) is 0 Å². The fraction of sp³-hybridized carbons (Fsp3) is 0.0667. The van der Waals surface area contributed by atoms with Crippen molar-refractivity contribution < 1.29 is 14.7 Å². The molecule has 1 N–H and O–H groups in total. The van der Waals surface area contributed by atoms with Crippen LogP contribution >= 0.6 is 0 Å². The molecule has 2 aromatic rings. The first-order valence-corrected chi connectivity index (χ1v) is 6.16. The summed E-state index contributed by atoms with van der Waals surface area (Å²) in [7, 11) is 0. The van der Waals surface area contributed by atoms with Gasteiger partial charge >= 0.3 is 0 Å². The molecule has 1 saturated heterocycles. The Labute approximate surface area is 115 Å². The van der Waals surface area contributed by atoms with Crippen LogP contribution in [0.15, 0.2) is 60.7 Å². The number of rotatable bonds is 2. The summed E-state index contributed by atoms with van der Waals surface area (Å²) < 4.78 is 0. The van der Waals surface area contributed by atoms with Crippen molar-refractivity contribution in [2.45, 2.75) is 6.10 Å². The number of anilines is 2. The van der Waals surface area contributed by atoms with Crippen LogP contribution in [0.1, 0.15) is 0 Å². The molecule has 2 aromatic carbocycles. The molecule has 100 valence electrons. The lowest BCUT2D eigenvalue weighted by atomic mass is 10.3. The second-order valence-corrected chi connectivity index (χ2v) is 4.37. The Bertz CT molecular complexity index is 585. The first-order chi connectivity index (χ1) is 9.70. The van der Waals surface area contributed by atoms with Crippen molar-refractivity contribution in [2.24, 2.45) is 0 Å². The lowest BCUT2D eigenvalue weighted by Gasteiger charge is -2.27. The number of carbonyl (C=O) groups excluding carboxylic acids is 2. The maximum absolute atomic E-state index is 12.1. The second kappa shape index (κ2) is 4.79. The Kier molecular flexibility index (Phi) is 2.96. The number of nitrogens with zero attached hydrogens (tertiary/aromatic N) is 2. The van der Waals surface area contributed by atoms with E-state index in [0.717, 1.165) is 0 Å². The minimum atomic E-state index is -1.66. The summed E-state index contributed by atoms with van der Waals surface area (Å²) in [4.78, 5) is 24.2. The molecule has 0 radical (unpaired) electrons. The van der Waals surface area contributed by atoms with Gasteiger partial charge in [0.25, 0.3) is 11.8 Å². The van der Waals surface area contributed by atoms with Crippen molar-refractivity contribution in [3.63, 3.8) is 0 Å². The zero-order valence-corrected chi connectivity index (χ0v) is 10.5. The van der Waals surface area contributed by atoms with Gasteiger partial charge in [0, 0.05) is 0 Å². The van der Waals surface area contributed by atoms with E-state index >= 15 is 0 Å². The summed E-state index contributed by atoms with van der Waals surface area (Å²) in [6.45, 7) is 0. The highest BCUT2D eigenvalue weighted by Gasteiger charge is 2.46. The lowest BCUT2D eigenvalue weighted by Crippen LogP contribution is -2.41. The molecule has 3 rings (SSSR count). The standard InChI is InChI=1S/C15H12N2O3/c18-13-14(19)16(11-7-3-1-4-8-11)17(15(13)20)12-9-5-2-6-10-12/h1-10,13,18H. The third-order valence-corrected chi connectivity index (χ3v) is 3.09. The molecule has 0 unspecified atom stereocenters. The molecule has 2 amide bonds. The first-order valence-electron chi connectivity index (χ1n) is 6.16. The predicted molar refractivity (Wildman–Crippen MR) is 73.9 cm³/mol. The molecule has 0 aromatic heterocycles. The average molecular weight is 268 g/mol. The number of hydrogen-bond donors (Lipinski definition) is 1. The van der Waals surface area contributed by atoms with E-state index in [0.29, 0.717) is 11.4 Å². The van der Waals surface area contributed by atoms with Gasteiger partial charge in [0.2, 0.25) is 6.10 Å². The van der Waals surface area contributed by atoms with Crippen LogP contribution in [0.5, 0.6) is 0 Å². The molecule has 5 nitrogen and oxygen atoms in total. The topological polar surface area (TPSA) is 60.9 Å². The summed E-state index contributed by atoms with van der Waals surface area (Å²) in [5.74, 6) is -1.30. The van der Waals surface area contributed by atoms with Crippen LogP contribution in [0.3, 0.4) is 0 Å². The maximum atomic E-state index is 12.1. The highest BCUT2D eigenvalue weighted by atomic mass is 16.3. The molecule has 1 fully saturated rings. The molecule has 0 spiro atoms. The number of amides is 2.